The molecule has 2 aliphatic carbocycles. The first-order chi connectivity index (χ1) is 16.7. The Balaban J connectivity index is 1.48. The minimum atomic E-state index is -0.681. The molecule has 35 heavy (non-hydrogen) atoms. The van der Waals surface area contributed by atoms with E-state index >= 15 is 0 Å². The van der Waals surface area contributed by atoms with Crippen LogP contribution in [0.25, 0.3) is 0 Å². The summed E-state index contributed by atoms with van der Waals surface area (Å²) in [6.45, 7) is 5.11. The first-order valence-electron chi connectivity index (χ1n) is 12.6. The van der Waals surface area contributed by atoms with Crippen molar-refractivity contribution in [1.29, 1.82) is 0 Å². The second kappa shape index (κ2) is 12.4. The van der Waals surface area contributed by atoms with Crippen molar-refractivity contribution >= 4 is 35.3 Å². The van der Waals surface area contributed by atoms with Gasteiger partial charge in [0, 0.05) is 23.5 Å². The molecule has 2 saturated carbocycles. The lowest BCUT2D eigenvalue weighted by Gasteiger charge is -2.19. The molecule has 6 N–H and O–H groups in total. The van der Waals surface area contributed by atoms with Gasteiger partial charge in [-0.3, -0.25) is 9.59 Å². The fraction of sp³-hybridized carbons (Fsp3) is 0.600. The van der Waals surface area contributed by atoms with Gasteiger partial charge in [-0.2, -0.15) is 0 Å². The lowest BCUT2D eigenvalue weighted by atomic mass is 10.2. The maximum Gasteiger partial charge on any atom is 0.319 e. The molecule has 3 rings (SSSR count). The summed E-state index contributed by atoms with van der Waals surface area (Å²) in [5, 5.41) is 16.7. The van der Waals surface area contributed by atoms with E-state index in [0.29, 0.717) is 11.4 Å². The minimum absolute atomic E-state index is 0.183. The number of nitrogens with one attached hydrogen (secondary N) is 6. The number of hydrogen-bond donors (Lipinski definition) is 6. The van der Waals surface area contributed by atoms with Crippen molar-refractivity contribution in [2.24, 2.45) is 0 Å². The van der Waals surface area contributed by atoms with Gasteiger partial charge in [0.25, 0.3) is 0 Å². The van der Waals surface area contributed by atoms with Gasteiger partial charge in [0.2, 0.25) is 11.8 Å². The van der Waals surface area contributed by atoms with E-state index in [-0.39, 0.29) is 23.9 Å². The van der Waals surface area contributed by atoms with E-state index < -0.39 is 24.1 Å². The molecular weight excluding hydrogens is 448 g/mol. The molecule has 0 radical (unpaired) electrons. The quantitative estimate of drug-likeness (QED) is 0.336. The van der Waals surface area contributed by atoms with Crippen LogP contribution in [0.4, 0.5) is 21.0 Å². The zero-order chi connectivity index (χ0) is 25.4. The fourth-order valence-corrected chi connectivity index (χ4v) is 4.48. The van der Waals surface area contributed by atoms with Crippen LogP contribution in [0.5, 0.6) is 0 Å². The predicted molar refractivity (Wildman–Crippen MR) is 135 cm³/mol. The molecule has 10 heteroatoms. The van der Waals surface area contributed by atoms with E-state index in [1.54, 1.807) is 32.0 Å². The average Bonchev–Trinajstić information content (AvgIpc) is 3.50. The Morgan fingerprint density at radius 3 is 1.69 bits per heavy atom. The molecule has 2 fully saturated rings. The van der Waals surface area contributed by atoms with Gasteiger partial charge >= 0.3 is 12.1 Å². The van der Waals surface area contributed by atoms with Gasteiger partial charge in [0.15, 0.2) is 0 Å². The summed E-state index contributed by atoms with van der Waals surface area (Å²) >= 11 is 0. The Kier molecular flexibility index (Phi) is 9.33. The first kappa shape index (κ1) is 26.3. The van der Waals surface area contributed by atoms with Crippen LogP contribution in [-0.2, 0) is 9.59 Å². The maximum atomic E-state index is 12.5. The SMILES string of the molecule is Cc1ccc(NC(=O)NC(C)C(=O)NC2CCCC2)cc1NC(=O)NC(C)C(=O)NC1CCCC1. The van der Waals surface area contributed by atoms with E-state index in [4.69, 9.17) is 0 Å². The van der Waals surface area contributed by atoms with Gasteiger partial charge in [0.1, 0.15) is 12.1 Å². The second-order valence-corrected chi connectivity index (χ2v) is 9.65. The van der Waals surface area contributed by atoms with Crippen molar-refractivity contribution in [2.75, 3.05) is 10.6 Å². The van der Waals surface area contributed by atoms with Crippen molar-refractivity contribution in [2.45, 2.75) is 96.3 Å². The molecule has 10 nitrogen and oxygen atoms in total. The highest BCUT2D eigenvalue weighted by Gasteiger charge is 2.23. The number of anilines is 2. The molecule has 2 aliphatic rings. The van der Waals surface area contributed by atoms with Gasteiger partial charge in [-0.25, -0.2) is 9.59 Å². The van der Waals surface area contributed by atoms with Crippen LogP contribution in [-0.4, -0.2) is 48.0 Å². The molecule has 2 atom stereocenters. The van der Waals surface area contributed by atoms with Crippen LogP contribution in [0.3, 0.4) is 0 Å². The summed E-state index contributed by atoms with van der Waals surface area (Å²) in [5.74, 6) is -0.414. The maximum absolute atomic E-state index is 12.5. The standard InChI is InChI=1S/C25H38N6O4/c1-15-12-13-20(30-24(34)26-16(2)22(32)28-18-8-4-5-9-18)14-21(15)31-25(35)27-17(3)23(33)29-19-10-6-7-11-19/h12-14,16-19H,4-11H2,1-3H3,(H,28,32)(H,29,33)(H2,26,30,34)(H2,27,31,35). The van der Waals surface area contributed by atoms with E-state index in [2.05, 4.69) is 31.9 Å². The molecule has 0 saturated heterocycles. The highest BCUT2D eigenvalue weighted by Crippen LogP contribution is 2.21. The largest absolute Gasteiger partial charge is 0.352 e. The Bertz CT molecular complexity index is 925. The topological polar surface area (TPSA) is 140 Å². The highest BCUT2D eigenvalue weighted by molar-refractivity contribution is 5.96. The van der Waals surface area contributed by atoms with Crippen molar-refractivity contribution in [3.05, 3.63) is 23.8 Å². The Morgan fingerprint density at radius 2 is 1.20 bits per heavy atom. The minimum Gasteiger partial charge on any atom is -0.352 e. The van der Waals surface area contributed by atoms with Crippen LogP contribution >= 0.6 is 0 Å². The smallest absolute Gasteiger partial charge is 0.319 e. The van der Waals surface area contributed by atoms with Crippen molar-refractivity contribution in [3.63, 3.8) is 0 Å². The molecule has 0 aromatic heterocycles. The Hall–Kier alpha value is -3.30. The van der Waals surface area contributed by atoms with Crippen LogP contribution in [0.2, 0.25) is 0 Å². The van der Waals surface area contributed by atoms with Crippen LogP contribution in [0.15, 0.2) is 18.2 Å². The van der Waals surface area contributed by atoms with E-state index in [0.717, 1.165) is 56.9 Å². The molecule has 0 aliphatic heterocycles. The lowest BCUT2D eigenvalue weighted by Crippen LogP contribution is -2.48. The molecular formula is C25H38N6O4. The molecule has 0 spiro atoms. The number of carbonyl (C=O) groups is 4. The summed E-state index contributed by atoms with van der Waals surface area (Å²) in [5.41, 5.74) is 1.74. The Labute approximate surface area is 206 Å². The molecule has 192 valence electrons. The van der Waals surface area contributed by atoms with E-state index in [1.165, 1.54) is 0 Å². The van der Waals surface area contributed by atoms with Crippen LogP contribution < -0.4 is 31.9 Å². The van der Waals surface area contributed by atoms with Crippen LogP contribution in [0.1, 0.15) is 70.8 Å². The van der Waals surface area contributed by atoms with Crippen molar-refractivity contribution in [3.8, 4) is 0 Å². The predicted octanol–water partition coefficient (Wildman–Crippen LogP) is 3.13. The monoisotopic (exact) mass is 486 g/mol. The van der Waals surface area contributed by atoms with Gasteiger partial charge < -0.3 is 31.9 Å². The van der Waals surface area contributed by atoms with Gasteiger partial charge in [-0.15, -0.1) is 0 Å². The van der Waals surface area contributed by atoms with Gasteiger partial charge in [0.05, 0.1) is 0 Å². The first-order valence-corrected chi connectivity index (χ1v) is 12.6. The van der Waals surface area contributed by atoms with E-state index in [1.807, 2.05) is 6.92 Å². The number of urea groups is 2. The van der Waals surface area contributed by atoms with Crippen molar-refractivity contribution < 1.29 is 19.2 Å². The summed E-state index contributed by atoms with van der Waals surface area (Å²) in [7, 11) is 0. The molecule has 0 bridgehead atoms. The summed E-state index contributed by atoms with van der Waals surface area (Å²) in [6, 6.07) is 3.07. The summed E-state index contributed by atoms with van der Waals surface area (Å²) in [4.78, 5) is 49.5. The number of amides is 6. The Morgan fingerprint density at radius 1 is 0.743 bits per heavy atom. The zero-order valence-electron chi connectivity index (χ0n) is 20.8. The van der Waals surface area contributed by atoms with Gasteiger partial charge in [-0.05, 0) is 64.2 Å². The van der Waals surface area contributed by atoms with Crippen LogP contribution in [0, 0.1) is 6.92 Å². The third-order valence-electron chi connectivity index (χ3n) is 6.63. The van der Waals surface area contributed by atoms with Gasteiger partial charge in [-0.1, -0.05) is 31.7 Å². The third-order valence-corrected chi connectivity index (χ3v) is 6.63. The number of carbonyl (C=O) groups excluding carboxylic acids is 4. The number of rotatable bonds is 8. The second-order valence-electron chi connectivity index (χ2n) is 9.65. The number of benzene rings is 1. The number of aryl methyl sites for hydroxylation is 1. The molecule has 2 unspecified atom stereocenters. The molecule has 1 aromatic rings. The lowest BCUT2D eigenvalue weighted by molar-refractivity contribution is -0.123. The number of hydrogen-bond acceptors (Lipinski definition) is 4. The van der Waals surface area contributed by atoms with Crippen molar-refractivity contribution in [1.82, 2.24) is 21.3 Å². The van der Waals surface area contributed by atoms with E-state index in [9.17, 15) is 19.2 Å². The molecule has 1 aromatic carbocycles. The summed E-state index contributed by atoms with van der Waals surface area (Å²) < 4.78 is 0. The highest BCUT2D eigenvalue weighted by atomic mass is 16.2. The zero-order valence-corrected chi connectivity index (χ0v) is 20.8. The fourth-order valence-electron chi connectivity index (χ4n) is 4.48. The molecule has 6 amide bonds. The summed E-state index contributed by atoms with van der Waals surface area (Å²) in [6.07, 6.45) is 8.34. The molecule has 0 heterocycles. The average molecular weight is 487 g/mol. The third kappa shape index (κ3) is 8.15. The normalized spacial score (nSPS) is 17.8.